The Kier molecular flexibility index (Phi) is 7.10. The number of methoxy groups -OCH3 is 2. The maximum Gasteiger partial charge on any atom is 0.244 e. The van der Waals surface area contributed by atoms with Crippen molar-refractivity contribution in [3.8, 4) is 11.5 Å². The summed E-state index contributed by atoms with van der Waals surface area (Å²) in [5.74, 6) is 1.78. The predicted octanol–water partition coefficient (Wildman–Crippen LogP) is 3.19. The van der Waals surface area contributed by atoms with Gasteiger partial charge in [-0.15, -0.1) is 0 Å². The van der Waals surface area contributed by atoms with Crippen LogP contribution >= 0.6 is 0 Å². The number of piperazine rings is 1. The minimum Gasteiger partial charge on any atom is -0.493 e. The standard InChI is InChI=1S/C25H33N3O3/c1-30-22-11-10-20(18-23(22)31-2)19-26-14-16-27(17-15-26)24(21-8-4-3-5-9-21)25(29)28-12-6-7-13-28/h3-5,8-11,18,24H,6-7,12-17,19H2,1-2H3/t24-/m1/s1. The van der Waals surface area contributed by atoms with Crippen molar-refractivity contribution in [1.29, 1.82) is 0 Å². The highest BCUT2D eigenvalue weighted by molar-refractivity contribution is 5.83. The van der Waals surface area contributed by atoms with Gasteiger partial charge in [0, 0.05) is 45.8 Å². The highest BCUT2D eigenvalue weighted by Gasteiger charge is 2.34. The number of amides is 1. The molecule has 2 aromatic carbocycles. The molecule has 2 aliphatic heterocycles. The van der Waals surface area contributed by atoms with Crippen LogP contribution in [-0.2, 0) is 11.3 Å². The first-order valence-electron chi connectivity index (χ1n) is 11.2. The monoisotopic (exact) mass is 423 g/mol. The van der Waals surface area contributed by atoms with Crippen molar-refractivity contribution in [1.82, 2.24) is 14.7 Å². The van der Waals surface area contributed by atoms with Crippen molar-refractivity contribution in [2.24, 2.45) is 0 Å². The van der Waals surface area contributed by atoms with Gasteiger partial charge in [-0.2, -0.15) is 0 Å². The predicted molar refractivity (Wildman–Crippen MR) is 121 cm³/mol. The van der Waals surface area contributed by atoms with E-state index in [4.69, 9.17) is 9.47 Å². The lowest BCUT2D eigenvalue weighted by molar-refractivity contribution is -0.137. The molecule has 0 N–H and O–H groups in total. The summed E-state index contributed by atoms with van der Waals surface area (Å²) in [6.07, 6.45) is 2.23. The van der Waals surface area contributed by atoms with Gasteiger partial charge in [0.1, 0.15) is 6.04 Å². The van der Waals surface area contributed by atoms with Crippen LogP contribution in [0, 0.1) is 0 Å². The molecule has 0 spiro atoms. The summed E-state index contributed by atoms with van der Waals surface area (Å²) in [6, 6.07) is 16.2. The molecule has 0 bridgehead atoms. The largest absolute Gasteiger partial charge is 0.493 e. The average Bonchev–Trinajstić information content (AvgIpc) is 3.36. The van der Waals surface area contributed by atoms with E-state index in [1.54, 1.807) is 14.2 Å². The van der Waals surface area contributed by atoms with Crippen LogP contribution in [0.5, 0.6) is 11.5 Å². The van der Waals surface area contributed by atoms with E-state index in [0.29, 0.717) is 0 Å². The number of ether oxygens (including phenoxy) is 2. The van der Waals surface area contributed by atoms with Gasteiger partial charge in [0.25, 0.3) is 0 Å². The van der Waals surface area contributed by atoms with E-state index in [0.717, 1.165) is 75.7 Å². The van der Waals surface area contributed by atoms with Gasteiger partial charge >= 0.3 is 0 Å². The SMILES string of the molecule is COc1ccc(CN2CCN([C@@H](C(=O)N3CCCC3)c3ccccc3)CC2)cc1OC. The smallest absolute Gasteiger partial charge is 0.244 e. The van der Waals surface area contributed by atoms with E-state index in [1.807, 2.05) is 29.2 Å². The third kappa shape index (κ3) is 5.02. The summed E-state index contributed by atoms with van der Waals surface area (Å²) in [4.78, 5) is 20.2. The van der Waals surface area contributed by atoms with Crippen LogP contribution in [0.4, 0.5) is 0 Å². The fraction of sp³-hybridized carbons (Fsp3) is 0.480. The quantitative estimate of drug-likeness (QED) is 0.685. The molecular formula is C25H33N3O3. The summed E-state index contributed by atoms with van der Waals surface area (Å²) in [7, 11) is 3.32. The van der Waals surface area contributed by atoms with Gasteiger partial charge in [-0.25, -0.2) is 0 Å². The van der Waals surface area contributed by atoms with Crippen molar-refractivity contribution in [2.45, 2.75) is 25.4 Å². The van der Waals surface area contributed by atoms with Crippen molar-refractivity contribution < 1.29 is 14.3 Å². The van der Waals surface area contributed by atoms with Gasteiger partial charge in [0.2, 0.25) is 5.91 Å². The molecule has 1 atom stereocenters. The number of hydrogen-bond acceptors (Lipinski definition) is 5. The fourth-order valence-electron chi connectivity index (χ4n) is 4.67. The van der Waals surface area contributed by atoms with E-state index < -0.39 is 0 Å². The molecule has 2 aliphatic rings. The van der Waals surface area contributed by atoms with Crippen molar-refractivity contribution >= 4 is 5.91 Å². The molecule has 2 heterocycles. The number of benzene rings is 2. The van der Waals surface area contributed by atoms with Gasteiger partial charge in [-0.1, -0.05) is 36.4 Å². The normalized spacial score (nSPS) is 18.7. The summed E-state index contributed by atoms with van der Waals surface area (Å²) in [5.41, 5.74) is 2.31. The molecule has 2 saturated heterocycles. The van der Waals surface area contributed by atoms with E-state index in [-0.39, 0.29) is 11.9 Å². The zero-order valence-corrected chi connectivity index (χ0v) is 18.6. The summed E-state index contributed by atoms with van der Waals surface area (Å²) in [5, 5.41) is 0. The Balaban J connectivity index is 1.42. The maximum atomic E-state index is 13.4. The first kappa shape index (κ1) is 21.7. The molecule has 0 aromatic heterocycles. The summed E-state index contributed by atoms with van der Waals surface area (Å²) < 4.78 is 10.8. The zero-order chi connectivity index (χ0) is 21.6. The molecule has 0 saturated carbocycles. The van der Waals surface area contributed by atoms with Crippen LogP contribution < -0.4 is 9.47 Å². The third-order valence-corrected chi connectivity index (χ3v) is 6.39. The first-order valence-corrected chi connectivity index (χ1v) is 11.2. The second-order valence-corrected chi connectivity index (χ2v) is 8.35. The number of carbonyl (C=O) groups is 1. The molecule has 166 valence electrons. The van der Waals surface area contributed by atoms with Gasteiger partial charge in [-0.05, 0) is 36.1 Å². The Morgan fingerprint density at radius 2 is 1.55 bits per heavy atom. The number of nitrogens with zero attached hydrogens (tertiary/aromatic N) is 3. The molecule has 31 heavy (non-hydrogen) atoms. The van der Waals surface area contributed by atoms with Crippen molar-refractivity contribution in [3.05, 3.63) is 59.7 Å². The Morgan fingerprint density at radius 3 is 2.19 bits per heavy atom. The molecule has 4 rings (SSSR count). The zero-order valence-electron chi connectivity index (χ0n) is 18.6. The Morgan fingerprint density at radius 1 is 0.871 bits per heavy atom. The number of likely N-dealkylation sites (tertiary alicyclic amines) is 1. The second-order valence-electron chi connectivity index (χ2n) is 8.35. The number of rotatable bonds is 7. The molecular weight excluding hydrogens is 390 g/mol. The lowest BCUT2D eigenvalue weighted by atomic mass is 10.0. The highest BCUT2D eigenvalue weighted by atomic mass is 16.5. The summed E-state index contributed by atoms with van der Waals surface area (Å²) in [6.45, 7) is 6.28. The lowest BCUT2D eigenvalue weighted by Gasteiger charge is -2.40. The Labute approximate surface area is 185 Å². The van der Waals surface area contributed by atoms with Crippen LogP contribution in [-0.4, -0.2) is 74.1 Å². The van der Waals surface area contributed by atoms with Crippen molar-refractivity contribution in [3.63, 3.8) is 0 Å². The average molecular weight is 424 g/mol. The number of carbonyl (C=O) groups excluding carboxylic acids is 1. The fourth-order valence-corrected chi connectivity index (χ4v) is 4.67. The van der Waals surface area contributed by atoms with Crippen LogP contribution in [0.25, 0.3) is 0 Å². The molecule has 2 fully saturated rings. The lowest BCUT2D eigenvalue weighted by Crippen LogP contribution is -2.51. The van der Waals surface area contributed by atoms with Crippen molar-refractivity contribution in [2.75, 3.05) is 53.5 Å². The van der Waals surface area contributed by atoms with Crippen LogP contribution in [0.15, 0.2) is 48.5 Å². The van der Waals surface area contributed by atoms with E-state index in [1.165, 1.54) is 5.56 Å². The molecule has 1 amide bonds. The molecule has 6 nitrogen and oxygen atoms in total. The third-order valence-electron chi connectivity index (χ3n) is 6.39. The van der Waals surface area contributed by atoms with E-state index in [9.17, 15) is 4.79 Å². The van der Waals surface area contributed by atoms with Gasteiger partial charge in [-0.3, -0.25) is 14.6 Å². The molecule has 0 aliphatic carbocycles. The molecule has 0 unspecified atom stereocenters. The van der Waals surface area contributed by atoms with Crippen LogP contribution in [0.3, 0.4) is 0 Å². The first-order chi connectivity index (χ1) is 15.2. The topological polar surface area (TPSA) is 45.2 Å². The van der Waals surface area contributed by atoms with Crippen LogP contribution in [0.2, 0.25) is 0 Å². The molecule has 2 aromatic rings. The molecule has 6 heteroatoms. The molecule has 0 radical (unpaired) electrons. The van der Waals surface area contributed by atoms with Gasteiger partial charge in [0.15, 0.2) is 11.5 Å². The highest BCUT2D eigenvalue weighted by Crippen LogP contribution is 2.29. The Hall–Kier alpha value is -2.57. The van der Waals surface area contributed by atoms with Gasteiger partial charge in [0.05, 0.1) is 14.2 Å². The van der Waals surface area contributed by atoms with Gasteiger partial charge < -0.3 is 14.4 Å². The van der Waals surface area contributed by atoms with E-state index in [2.05, 4.69) is 34.1 Å². The maximum absolute atomic E-state index is 13.4. The van der Waals surface area contributed by atoms with E-state index >= 15 is 0 Å². The summed E-state index contributed by atoms with van der Waals surface area (Å²) >= 11 is 0. The second kappa shape index (κ2) is 10.2. The number of hydrogen-bond donors (Lipinski definition) is 0. The Bertz CT molecular complexity index is 860. The van der Waals surface area contributed by atoms with Crippen LogP contribution in [0.1, 0.15) is 30.0 Å². The minimum atomic E-state index is -0.178. The minimum absolute atomic E-state index is 0.178.